The lowest BCUT2D eigenvalue weighted by Crippen LogP contribution is -2.56. The van der Waals surface area contributed by atoms with Crippen molar-refractivity contribution in [3.8, 4) is 0 Å². The first kappa shape index (κ1) is 34.1. The molecule has 2 rings (SSSR count). The summed E-state index contributed by atoms with van der Waals surface area (Å²) in [5.41, 5.74) is -4.28. The molecule has 6 unspecified atom stereocenters. The highest BCUT2D eigenvalue weighted by atomic mass is 16.4. The molecule has 0 amide bonds. The van der Waals surface area contributed by atoms with E-state index in [9.17, 15) is 29.4 Å². The van der Waals surface area contributed by atoms with Crippen LogP contribution in [0.5, 0.6) is 0 Å². The number of hydrogen-bond acceptors (Lipinski definition) is 12. The van der Waals surface area contributed by atoms with Gasteiger partial charge in [-0.15, -0.1) is 0 Å². The standard InChI is InChI=1S/2C7H12O6.2C3H6O/c2*8-3-1-7(13,6(11)12)2-4(9)5(3)10;2*1-3(2)4/h2*3-5,8-10,13H,1-2H2,(H,11,12);2*1-2H3/t2*3-,4?,5?,7?;;/m11../s1. The lowest BCUT2D eigenvalue weighted by molar-refractivity contribution is -0.187. The van der Waals surface area contributed by atoms with Crippen molar-refractivity contribution < 1.29 is 70.2 Å². The van der Waals surface area contributed by atoms with E-state index in [-0.39, 0.29) is 11.6 Å². The number of carboxylic acids is 2. The third kappa shape index (κ3) is 11.9. The van der Waals surface area contributed by atoms with Crippen molar-refractivity contribution in [1.82, 2.24) is 0 Å². The van der Waals surface area contributed by atoms with Gasteiger partial charge in [0.15, 0.2) is 11.2 Å². The number of rotatable bonds is 2. The minimum atomic E-state index is -2.14. The van der Waals surface area contributed by atoms with Gasteiger partial charge in [0.25, 0.3) is 0 Å². The van der Waals surface area contributed by atoms with Gasteiger partial charge in [0.1, 0.15) is 23.8 Å². The van der Waals surface area contributed by atoms with Crippen LogP contribution in [0.15, 0.2) is 0 Å². The van der Waals surface area contributed by atoms with Crippen molar-refractivity contribution in [3.05, 3.63) is 0 Å². The van der Waals surface area contributed by atoms with Crippen LogP contribution in [0.2, 0.25) is 0 Å². The third-order valence-electron chi connectivity index (χ3n) is 4.56. The number of Topliss-reactive ketones (excluding diaryl/α,β-unsaturated/α-hetero) is 2. The summed E-state index contributed by atoms with van der Waals surface area (Å²) in [5, 5.41) is 90.4. The van der Waals surface area contributed by atoms with Crippen LogP contribution in [0.1, 0.15) is 53.4 Å². The SMILES string of the molecule is CC(C)=O.CC(C)=O.O=C(O)C1(O)CC(O)C(O)[C@H](O)C1.O=C(O)C1(O)CC(O)C(O)[C@H](O)C1. The summed E-state index contributed by atoms with van der Waals surface area (Å²) in [6.07, 6.45) is -10.3. The molecule has 14 nitrogen and oxygen atoms in total. The smallest absolute Gasteiger partial charge is 0.335 e. The molecule has 2 aliphatic rings. The quantitative estimate of drug-likeness (QED) is 0.177. The minimum Gasteiger partial charge on any atom is -0.479 e. The van der Waals surface area contributed by atoms with E-state index in [1.807, 2.05) is 0 Å². The van der Waals surface area contributed by atoms with Crippen LogP contribution in [0, 0.1) is 0 Å². The lowest BCUT2D eigenvalue weighted by atomic mass is 9.80. The predicted molar refractivity (Wildman–Crippen MR) is 112 cm³/mol. The van der Waals surface area contributed by atoms with Crippen molar-refractivity contribution in [2.75, 3.05) is 0 Å². The number of ketones is 2. The number of aliphatic hydroxyl groups is 8. The Morgan fingerprint density at radius 3 is 0.794 bits per heavy atom. The number of carboxylic acid groups (broad SMARTS) is 2. The normalized spacial score (nSPS) is 36.7. The van der Waals surface area contributed by atoms with Crippen LogP contribution >= 0.6 is 0 Å². The van der Waals surface area contributed by atoms with E-state index in [1.54, 1.807) is 0 Å². The zero-order valence-electron chi connectivity index (χ0n) is 19.4. The molecule has 0 spiro atoms. The minimum absolute atomic E-state index is 0.167. The molecule has 0 saturated heterocycles. The van der Waals surface area contributed by atoms with E-state index < -0.39 is 85.4 Å². The zero-order chi connectivity index (χ0) is 27.6. The molecule has 0 heterocycles. The fourth-order valence-corrected chi connectivity index (χ4v) is 2.90. The van der Waals surface area contributed by atoms with Gasteiger partial charge in [-0.25, -0.2) is 9.59 Å². The number of aliphatic hydroxyl groups excluding tert-OH is 6. The van der Waals surface area contributed by atoms with Crippen LogP contribution in [0.25, 0.3) is 0 Å². The molecule has 0 aromatic heterocycles. The van der Waals surface area contributed by atoms with E-state index in [4.69, 9.17) is 40.9 Å². The fraction of sp³-hybridized carbons (Fsp3) is 0.800. The molecular formula is C20H36O14. The maximum Gasteiger partial charge on any atom is 0.335 e. The van der Waals surface area contributed by atoms with E-state index in [0.717, 1.165) is 0 Å². The molecule has 2 aliphatic carbocycles. The second-order valence-corrected chi connectivity index (χ2v) is 8.56. The Balaban J connectivity index is 0. The predicted octanol–water partition coefficient (Wildman–Crippen LogP) is -3.45. The molecule has 0 radical (unpaired) electrons. The zero-order valence-corrected chi connectivity index (χ0v) is 19.4. The van der Waals surface area contributed by atoms with Gasteiger partial charge in [0, 0.05) is 25.7 Å². The molecule has 200 valence electrons. The van der Waals surface area contributed by atoms with E-state index in [0.29, 0.717) is 0 Å². The summed E-state index contributed by atoms with van der Waals surface area (Å²) in [6.45, 7) is 6.11. The van der Waals surface area contributed by atoms with Gasteiger partial charge in [0.2, 0.25) is 0 Å². The Morgan fingerprint density at radius 1 is 0.529 bits per heavy atom. The molecule has 0 aliphatic heterocycles. The Morgan fingerprint density at radius 2 is 0.676 bits per heavy atom. The molecule has 2 saturated carbocycles. The first-order valence-corrected chi connectivity index (χ1v) is 10.1. The Kier molecular flexibility index (Phi) is 14.4. The van der Waals surface area contributed by atoms with Crippen molar-refractivity contribution in [2.45, 2.75) is 101 Å². The molecule has 8 atom stereocenters. The summed E-state index contributed by atoms with van der Waals surface area (Å²) in [6, 6.07) is 0. The molecule has 14 heteroatoms. The average Bonchev–Trinajstić information content (AvgIpc) is 2.63. The molecule has 10 N–H and O–H groups in total. The van der Waals surface area contributed by atoms with Gasteiger partial charge in [0.05, 0.1) is 24.4 Å². The van der Waals surface area contributed by atoms with Crippen LogP contribution in [0.3, 0.4) is 0 Å². The van der Waals surface area contributed by atoms with Crippen LogP contribution in [-0.4, -0.2) is 122 Å². The van der Waals surface area contributed by atoms with Gasteiger partial charge in [-0.05, 0) is 27.7 Å². The maximum absolute atomic E-state index is 10.5. The van der Waals surface area contributed by atoms with Gasteiger partial charge in [-0.2, -0.15) is 0 Å². The van der Waals surface area contributed by atoms with Gasteiger partial charge < -0.3 is 60.7 Å². The lowest BCUT2D eigenvalue weighted by Gasteiger charge is -2.37. The highest BCUT2D eigenvalue weighted by Gasteiger charge is 2.49. The van der Waals surface area contributed by atoms with Crippen molar-refractivity contribution in [1.29, 1.82) is 0 Å². The van der Waals surface area contributed by atoms with Crippen LogP contribution in [-0.2, 0) is 19.2 Å². The van der Waals surface area contributed by atoms with Crippen molar-refractivity contribution >= 4 is 23.5 Å². The summed E-state index contributed by atoms with van der Waals surface area (Å²) in [5.74, 6) is -2.67. The Labute approximate surface area is 195 Å². The highest BCUT2D eigenvalue weighted by Crippen LogP contribution is 2.30. The number of carbonyl (C=O) groups is 4. The van der Waals surface area contributed by atoms with E-state index in [1.165, 1.54) is 27.7 Å². The summed E-state index contributed by atoms with van der Waals surface area (Å²) < 4.78 is 0. The van der Waals surface area contributed by atoms with Crippen molar-refractivity contribution in [3.63, 3.8) is 0 Å². The maximum atomic E-state index is 10.5. The average molecular weight is 500 g/mol. The number of carbonyl (C=O) groups excluding carboxylic acids is 2. The molecular weight excluding hydrogens is 464 g/mol. The summed E-state index contributed by atoms with van der Waals surface area (Å²) >= 11 is 0. The summed E-state index contributed by atoms with van der Waals surface area (Å²) in [4.78, 5) is 39.9. The van der Waals surface area contributed by atoms with Gasteiger partial charge in [-0.1, -0.05) is 0 Å². The largest absolute Gasteiger partial charge is 0.479 e. The summed E-state index contributed by atoms with van der Waals surface area (Å²) in [7, 11) is 0. The first-order valence-electron chi connectivity index (χ1n) is 10.1. The second kappa shape index (κ2) is 14.4. The topological polar surface area (TPSA) is 271 Å². The Bertz CT molecular complexity index is 603. The molecule has 0 bridgehead atoms. The van der Waals surface area contributed by atoms with E-state index >= 15 is 0 Å². The molecule has 34 heavy (non-hydrogen) atoms. The molecule has 0 aromatic rings. The number of hydrogen-bond donors (Lipinski definition) is 10. The number of aliphatic carboxylic acids is 2. The van der Waals surface area contributed by atoms with Crippen molar-refractivity contribution in [2.24, 2.45) is 0 Å². The molecule has 0 aromatic carbocycles. The van der Waals surface area contributed by atoms with E-state index in [2.05, 4.69) is 0 Å². The van der Waals surface area contributed by atoms with Crippen LogP contribution in [0.4, 0.5) is 0 Å². The fourth-order valence-electron chi connectivity index (χ4n) is 2.90. The van der Waals surface area contributed by atoms with Gasteiger partial charge >= 0.3 is 11.9 Å². The third-order valence-corrected chi connectivity index (χ3v) is 4.56. The second-order valence-electron chi connectivity index (χ2n) is 8.56. The molecule has 2 fully saturated rings. The van der Waals surface area contributed by atoms with Gasteiger partial charge in [-0.3, -0.25) is 0 Å². The Hall–Kier alpha value is -2.04. The van der Waals surface area contributed by atoms with Crippen LogP contribution < -0.4 is 0 Å². The monoisotopic (exact) mass is 500 g/mol. The highest BCUT2D eigenvalue weighted by molar-refractivity contribution is 5.78. The first-order chi connectivity index (χ1) is 15.2.